The first-order valence-corrected chi connectivity index (χ1v) is 6.57. The van der Waals surface area contributed by atoms with Crippen LogP contribution in [-0.4, -0.2) is 31.3 Å². The highest BCUT2D eigenvalue weighted by Crippen LogP contribution is 2.21. The van der Waals surface area contributed by atoms with Gasteiger partial charge in [-0.3, -0.25) is 0 Å². The highest BCUT2D eigenvalue weighted by molar-refractivity contribution is 5.20. The first-order chi connectivity index (χ1) is 8.81. The molecule has 0 aliphatic heterocycles. The number of hydrogen-bond donors (Lipinski definition) is 1. The lowest BCUT2D eigenvalue weighted by Gasteiger charge is -2.28. The SMILES string of the molecule is COc1cc(CNC2CCC(OC)CC2)ccn1. The molecule has 100 valence electrons. The lowest BCUT2D eigenvalue weighted by molar-refractivity contribution is 0.0624. The number of hydrogen-bond acceptors (Lipinski definition) is 4. The molecular weight excluding hydrogens is 228 g/mol. The molecule has 1 saturated carbocycles. The topological polar surface area (TPSA) is 43.4 Å². The Morgan fingerprint density at radius 2 is 2.06 bits per heavy atom. The van der Waals surface area contributed by atoms with Gasteiger partial charge < -0.3 is 14.8 Å². The van der Waals surface area contributed by atoms with Gasteiger partial charge in [0.05, 0.1) is 13.2 Å². The number of nitrogens with one attached hydrogen (secondary N) is 1. The lowest BCUT2D eigenvalue weighted by Crippen LogP contribution is -2.34. The van der Waals surface area contributed by atoms with E-state index in [0.29, 0.717) is 18.0 Å². The average molecular weight is 250 g/mol. The zero-order chi connectivity index (χ0) is 12.8. The lowest BCUT2D eigenvalue weighted by atomic mass is 9.93. The van der Waals surface area contributed by atoms with Gasteiger partial charge in [-0.1, -0.05) is 0 Å². The predicted molar refractivity (Wildman–Crippen MR) is 70.7 cm³/mol. The summed E-state index contributed by atoms with van der Waals surface area (Å²) >= 11 is 0. The van der Waals surface area contributed by atoms with Gasteiger partial charge >= 0.3 is 0 Å². The molecule has 0 radical (unpaired) electrons. The van der Waals surface area contributed by atoms with Crippen molar-refractivity contribution in [2.75, 3.05) is 14.2 Å². The van der Waals surface area contributed by atoms with E-state index in [1.807, 2.05) is 19.2 Å². The second-order valence-electron chi connectivity index (χ2n) is 4.80. The Balaban J connectivity index is 1.77. The molecule has 1 aliphatic rings. The molecule has 18 heavy (non-hydrogen) atoms. The van der Waals surface area contributed by atoms with Crippen LogP contribution in [0.25, 0.3) is 0 Å². The van der Waals surface area contributed by atoms with Crippen LogP contribution >= 0.6 is 0 Å². The molecule has 1 aliphatic carbocycles. The van der Waals surface area contributed by atoms with Crippen LogP contribution in [0.1, 0.15) is 31.2 Å². The van der Waals surface area contributed by atoms with E-state index in [4.69, 9.17) is 9.47 Å². The maximum absolute atomic E-state index is 5.38. The minimum Gasteiger partial charge on any atom is -0.481 e. The molecule has 1 aromatic heterocycles. The Bertz CT molecular complexity index is 363. The molecule has 0 saturated heterocycles. The summed E-state index contributed by atoms with van der Waals surface area (Å²) in [6, 6.07) is 4.61. The van der Waals surface area contributed by atoms with Crippen molar-refractivity contribution >= 4 is 0 Å². The maximum Gasteiger partial charge on any atom is 0.213 e. The van der Waals surface area contributed by atoms with E-state index in [1.165, 1.54) is 18.4 Å². The van der Waals surface area contributed by atoms with Crippen LogP contribution in [0.3, 0.4) is 0 Å². The van der Waals surface area contributed by atoms with Crippen molar-refractivity contribution in [3.8, 4) is 5.88 Å². The molecule has 1 N–H and O–H groups in total. The van der Waals surface area contributed by atoms with E-state index in [1.54, 1.807) is 13.3 Å². The largest absolute Gasteiger partial charge is 0.481 e. The van der Waals surface area contributed by atoms with Crippen molar-refractivity contribution < 1.29 is 9.47 Å². The summed E-state index contributed by atoms with van der Waals surface area (Å²) in [4.78, 5) is 4.11. The summed E-state index contributed by atoms with van der Waals surface area (Å²) in [5.41, 5.74) is 1.22. The Labute approximate surface area is 109 Å². The highest BCUT2D eigenvalue weighted by Gasteiger charge is 2.20. The summed E-state index contributed by atoms with van der Waals surface area (Å²) in [5, 5.41) is 3.59. The molecule has 1 aromatic rings. The summed E-state index contributed by atoms with van der Waals surface area (Å²) < 4.78 is 10.5. The van der Waals surface area contributed by atoms with Crippen LogP contribution in [0.4, 0.5) is 0 Å². The van der Waals surface area contributed by atoms with Crippen molar-refractivity contribution in [1.29, 1.82) is 0 Å². The Kier molecular flexibility index (Phi) is 4.96. The Hall–Kier alpha value is -1.13. The zero-order valence-corrected chi connectivity index (χ0v) is 11.2. The maximum atomic E-state index is 5.38. The minimum atomic E-state index is 0.462. The van der Waals surface area contributed by atoms with Gasteiger partial charge in [0.2, 0.25) is 5.88 Å². The molecule has 0 spiro atoms. The van der Waals surface area contributed by atoms with Crippen molar-refractivity contribution in [2.45, 2.75) is 44.4 Å². The fourth-order valence-corrected chi connectivity index (χ4v) is 2.44. The van der Waals surface area contributed by atoms with Crippen LogP contribution in [0.2, 0.25) is 0 Å². The molecule has 1 fully saturated rings. The number of ether oxygens (including phenoxy) is 2. The van der Waals surface area contributed by atoms with Crippen LogP contribution in [0.15, 0.2) is 18.3 Å². The van der Waals surface area contributed by atoms with Crippen molar-refractivity contribution in [2.24, 2.45) is 0 Å². The molecule has 4 heteroatoms. The van der Waals surface area contributed by atoms with E-state index >= 15 is 0 Å². The second-order valence-corrected chi connectivity index (χ2v) is 4.80. The van der Waals surface area contributed by atoms with Gasteiger partial charge in [-0.25, -0.2) is 4.98 Å². The summed E-state index contributed by atoms with van der Waals surface area (Å²) in [6.07, 6.45) is 6.96. The summed E-state index contributed by atoms with van der Waals surface area (Å²) in [7, 11) is 3.45. The Morgan fingerprint density at radius 3 is 2.72 bits per heavy atom. The molecule has 1 heterocycles. The zero-order valence-electron chi connectivity index (χ0n) is 11.2. The number of nitrogens with zero attached hydrogens (tertiary/aromatic N) is 1. The van der Waals surface area contributed by atoms with Gasteiger partial charge in [-0.05, 0) is 37.3 Å². The molecular formula is C14H22N2O2. The summed E-state index contributed by atoms with van der Waals surface area (Å²) in [6.45, 7) is 0.876. The van der Waals surface area contributed by atoms with Crippen LogP contribution in [0.5, 0.6) is 5.88 Å². The van der Waals surface area contributed by atoms with Crippen LogP contribution in [-0.2, 0) is 11.3 Å². The first-order valence-electron chi connectivity index (χ1n) is 6.57. The minimum absolute atomic E-state index is 0.462. The average Bonchev–Trinajstić information content (AvgIpc) is 2.46. The smallest absolute Gasteiger partial charge is 0.213 e. The molecule has 0 unspecified atom stereocenters. The van der Waals surface area contributed by atoms with Gasteiger partial charge in [0.25, 0.3) is 0 Å². The quantitative estimate of drug-likeness (QED) is 0.869. The standard InChI is InChI=1S/C14H22N2O2/c1-17-13-5-3-12(4-6-13)16-10-11-7-8-15-14(9-11)18-2/h7-9,12-13,16H,3-6,10H2,1-2H3. The predicted octanol–water partition coefficient (Wildman–Crippen LogP) is 2.14. The molecule has 0 bridgehead atoms. The van der Waals surface area contributed by atoms with E-state index in [2.05, 4.69) is 10.3 Å². The fraction of sp³-hybridized carbons (Fsp3) is 0.643. The van der Waals surface area contributed by atoms with Gasteiger partial charge in [-0.2, -0.15) is 0 Å². The van der Waals surface area contributed by atoms with Crippen molar-refractivity contribution in [3.63, 3.8) is 0 Å². The van der Waals surface area contributed by atoms with E-state index in [9.17, 15) is 0 Å². The van der Waals surface area contributed by atoms with Crippen LogP contribution < -0.4 is 10.1 Å². The van der Waals surface area contributed by atoms with E-state index < -0.39 is 0 Å². The number of rotatable bonds is 5. The monoisotopic (exact) mass is 250 g/mol. The Morgan fingerprint density at radius 1 is 1.28 bits per heavy atom. The number of methoxy groups -OCH3 is 2. The molecule has 2 rings (SSSR count). The highest BCUT2D eigenvalue weighted by atomic mass is 16.5. The normalized spacial score (nSPS) is 23.9. The summed E-state index contributed by atoms with van der Waals surface area (Å²) in [5.74, 6) is 0.678. The van der Waals surface area contributed by atoms with E-state index in [-0.39, 0.29) is 0 Å². The third-order valence-electron chi connectivity index (χ3n) is 3.61. The van der Waals surface area contributed by atoms with E-state index in [0.717, 1.165) is 19.4 Å². The molecule has 4 nitrogen and oxygen atoms in total. The van der Waals surface area contributed by atoms with Crippen molar-refractivity contribution in [1.82, 2.24) is 10.3 Å². The second kappa shape index (κ2) is 6.71. The third-order valence-corrected chi connectivity index (χ3v) is 3.61. The first kappa shape index (κ1) is 13.3. The molecule has 0 aromatic carbocycles. The van der Waals surface area contributed by atoms with Gasteiger partial charge in [-0.15, -0.1) is 0 Å². The third kappa shape index (κ3) is 3.68. The van der Waals surface area contributed by atoms with Crippen molar-refractivity contribution in [3.05, 3.63) is 23.9 Å². The molecule has 0 amide bonds. The number of pyridine rings is 1. The number of aromatic nitrogens is 1. The fourth-order valence-electron chi connectivity index (χ4n) is 2.44. The van der Waals surface area contributed by atoms with Gasteiger partial charge in [0, 0.05) is 32.0 Å². The van der Waals surface area contributed by atoms with Gasteiger partial charge in [0.15, 0.2) is 0 Å². The molecule has 0 atom stereocenters. The van der Waals surface area contributed by atoms with Crippen LogP contribution in [0, 0.1) is 0 Å². The van der Waals surface area contributed by atoms with Gasteiger partial charge in [0.1, 0.15) is 0 Å².